The smallest absolute Gasteiger partial charge is 0.0671 e. The van der Waals surface area contributed by atoms with Crippen molar-refractivity contribution in [2.45, 2.75) is 25.3 Å². The van der Waals surface area contributed by atoms with Crippen LogP contribution in [0.1, 0.15) is 24.4 Å². The first-order valence-corrected chi connectivity index (χ1v) is 5.20. The van der Waals surface area contributed by atoms with Crippen LogP contribution in [0.4, 0.5) is 0 Å². The summed E-state index contributed by atoms with van der Waals surface area (Å²) in [5, 5.41) is 9.92. The fraction of sp³-hybridized carbons (Fsp3) is 0.333. The van der Waals surface area contributed by atoms with Crippen LogP contribution in [-0.2, 0) is 6.42 Å². The van der Waals surface area contributed by atoms with E-state index in [0.717, 1.165) is 10.9 Å². The number of rotatable bonds is 2. The van der Waals surface area contributed by atoms with Crippen LogP contribution in [0.3, 0.4) is 0 Å². The van der Waals surface area contributed by atoms with Crippen LogP contribution >= 0.6 is 0 Å². The maximum atomic E-state index is 8.77. The summed E-state index contributed by atoms with van der Waals surface area (Å²) in [5.41, 5.74) is 2.25. The van der Waals surface area contributed by atoms with Gasteiger partial charge in [0.25, 0.3) is 0 Å². The second-order valence-electron chi connectivity index (χ2n) is 4.03. The highest BCUT2D eigenvalue weighted by Crippen LogP contribution is 2.38. The molecule has 0 aliphatic heterocycles. The predicted molar refractivity (Wildman–Crippen MR) is 57.3 cm³/mol. The van der Waals surface area contributed by atoms with Gasteiger partial charge in [-0.1, -0.05) is 0 Å². The number of hydrogen-bond acceptors (Lipinski definition) is 2. The van der Waals surface area contributed by atoms with Gasteiger partial charge >= 0.3 is 0 Å². The number of fused-ring (bicyclic) bond motifs is 1. The zero-order valence-corrected chi connectivity index (χ0v) is 8.35. The second-order valence-corrected chi connectivity index (χ2v) is 4.03. The SMILES string of the molecule is N#CCc1cncc2ccn(C3CC3)c12. The van der Waals surface area contributed by atoms with Gasteiger partial charge < -0.3 is 4.57 Å². The number of nitriles is 1. The molecule has 1 aliphatic carbocycles. The van der Waals surface area contributed by atoms with Crippen LogP contribution in [0.25, 0.3) is 10.9 Å². The Hall–Kier alpha value is -1.82. The van der Waals surface area contributed by atoms with E-state index in [1.54, 1.807) is 0 Å². The zero-order valence-electron chi connectivity index (χ0n) is 8.35. The van der Waals surface area contributed by atoms with Gasteiger partial charge in [0.15, 0.2) is 0 Å². The molecule has 0 radical (unpaired) electrons. The van der Waals surface area contributed by atoms with Crippen molar-refractivity contribution in [3.8, 4) is 6.07 Å². The normalized spacial score (nSPS) is 15.4. The summed E-state index contributed by atoms with van der Waals surface area (Å²) in [5.74, 6) is 0. The summed E-state index contributed by atoms with van der Waals surface area (Å²) < 4.78 is 2.30. The molecule has 3 nitrogen and oxygen atoms in total. The first-order chi connectivity index (χ1) is 7.40. The van der Waals surface area contributed by atoms with Crippen molar-refractivity contribution in [1.29, 1.82) is 5.26 Å². The minimum Gasteiger partial charge on any atom is -0.344 e. The van der Waals surface area contributed by atoms with E-state index in [1.807, 2.05) is 12.4 Å². The molecule has 2 aromatic rings. The van der Waals surface area contributed by atoms with Crippen molar-refractivity contribution < 1.29 is 0 Å². The molecule has 0 aromatic carbocycles. The van der Waals surface area contributed by atoms with E-state index in [0.29, 0.717) is 12.5 Å². The van der Waals surface area contributed by atoms with E-state index in [1.165, 1.54) is 18.4 Å². The van der Waals surface area contributed by atoms with Gasteiger partial charge in [-0.05, 0) is 18.9 Å². The van der Waals surface area contributed by atoms with Crippen LogP contribution in [0, 0.1) is 11.3 Å². The molecule has 1 aliphatic rings. The fourth-order valence-corrected chi connectivity index (χ4v) is 2.06. The van der Waals surface area contributed by atoms with Crippen molar-refractivity contribution in [3.63, 3.8) is 0 Å². The van der Waals surface area contributed by atoms with E-state index in [9.17, 15) is 0 Å². The zero-order chi connectivity index (χ0) is 10.3. The van der Waals surface area contributed by atoms with Crippen LogP contribution in [-0.4, -0.2) is 9.55 Å². The summed E-state index contributed by atoms with van der Waals surface area (Å²) in [4.78, 5) is 4.16. The maximum absolute atomic E-state index is 8.77. The highest BCUT2D eigenvalue weighted by Gasteiger charge is 2.25. The molecule has 0 bridgehead atoms. The first kappa shape index (κ1) is 8.49. The number of aromatic nitrogens is 2. The van der Waals surface area contributed by atoms with E-state index < -0.39 is 0 Å². The Balaban J connectivity index is 2.24. The molecular weight excluding hydrogens is 186 g/mol. The average Bonchev–Trinajstić information content (AvgIpc) is 3.00. The lowest BCUT2D eigenvalue weighted by Gasteiger charge is -2.05. The first-order valence-electron chi connectivity index (χ1n) is 5.20. The van der Waals surface area contributed by atoms with Gasteiger partial charge in [-0.25, -0.2) is 0 Å². The van der Waals surface area contributed by atoms with Crippen molar-refractivity contribution in [1.82, 2.24) is 9.55 Å². The Kier molecular flexibility index (Phi) is 1.75. The molecule has 2 aromatic heterocycles. The maximum Gasteiger partial charge on any atom is 0.0671 e. The molecule has 1 saturated carbocycles. The monoisotopic (exact) mass is 197 g/mol. The van der Waals surface area contributed by atoms with Crippen molar-refractivity contribution >= 4 is 10.9 Å². The van der Waals surface area contributed by atoms with E-state index >= 15 is 0 Å². The van der Waals surface area contributed by atoms with E-state index in [2.05, 4.69) is 27.9 Å². The molecule has 3 rings (SSSR count). The Morgan fingerprint density at radius 3 is 3.07 bits per heavy atom. The van der Waals surface area contributed by atoms with Gasteiger partial charge in [0.1, 0.15) is 0 Å². The lowest BCUT2D eigenvalue weighted by molar-refractivity contribution is 0.772. The number of pyridine rings is 1. The van der Waals surface area contributed by atoms with E-state index in [-0.39, 0.29) is 0 Å². The summed E-state index contributed by atoms with van der Waals surface area (Å²) in [6, 6.07) is 4.94. The Bertz CT molecular complexity index is 543. The van der Waals surface area contributed by atoms with Gasteiger partial charge in [0.2, 0.25) is 0 Å². The molecule has 15 heavy (non-hydrogen) atoms. The van der Waals surface area contributed by atoms with Gasteiger partial charge in [0.05, 0.1) is 18.0 Å². The standard InChI is InChI=1S/C12H11N3/c13-5-3-9-7-14-8-10-4-6-15(12(9)10)11-1-2-11/h4,6-8,11H,1-3H2. The second kappa shape index (κ2) is 3.09. The summed E-state index contributed by atoms with van der Waals surface area (Å²) in [6.07, 6.45) is 8.77. The molecule has 0 atom stereocenters. The Labute approximate surface area is 88.0 Å². The summed E-state index contributed by atoms with van der Waals surface area (Å²) >= 11 is 0. The molecule has 0 spiro atoms. The molecular formula is C12H11N3. The average molecular weight is 197 g/mol. The Morgan fingerprint density at radius 2 is 2.33 bits per heavy atom. The number of hydrogen-bond donors (Lipinski definition) is 0. The molecule has 1 fully saturated rings. The van der Waals surface area contributed by atoms with Gasteiger partial charge in [0, 0.05) is 35.6 Å². The quantitative estimate of drug-likeness (QED) is 0.742. The summed E-state index contributed by atoms with van der Waals surface area (Å²) in [7, 11) is 0. The third-order valence-electron chi connectivity index (χ3n) is 2.90. The third-order valence-corrected chi connectivity index (χ3v) is 2.90. The minimum atomic E-state index is 0.446. The largest absolute Gasteiger partial charge is 0.344 e. The molecule has 74 valence electrons. The van der Waals surface area contributed by atoms with Crippen molar-refractivity contribution in [3.05, 3.63) is 30.2 Å². The van der Waals surface area contributed by atoms with Gasteiger partial charge in [-0.3, -0.25) is 4.98 Å². The number of nitrogens with zero attached hydrogens (tertiary/aromatic N) is 3. The topological polar surface area (TPSA) is 41.6 Å². The highest BCUT2D eigenvalue weighted by atomic mass is 15.0. The summed E-state index contributed by atoms with van der Waals surface area (Å²) in [6.45, 7) is 0. The fourth-order valence-electron chi connectivity index (χ4n) is 2.06. The van der Waals surface area contributed by atoms with Crippen LogP contribution in [0.2, 0.25) is 0 Å². The minimum absolute atomic E-state index is 0.446. The van der Waals surface area contributed by atoms with Crippen molar-refractivity contribution in [2.24, 2.45) is 0 Å². The highest BCUT2D eigenvalue weighted by molar-refractivity contribution is 5.82. The van der Waals surface area contributed by atoms with E-state index in [4.69, 9.17) is 5.26 Å². The Morgan fingerprint density at radius 1 is 1.47 bits per heavy atom. The molecule has 0 N–H and O–H groups in total. The predicted octanol–water partition coefficient (Wildman–Crippen LogP) is 2.44. The van der Waals surface area contributed by atoms with Gasteiger partial charge in [-0.15, -0.1) is 0 Å². The molecule has 0 unspecified atom stereocenters. The molecule has 2 heterocycles. The molecule has 3 heteroatoms. The lowest BCUT2D eigenvalue weighted by Crippen LogP contribution is -1.95. The molecule has 0 saturated heterocycles. The lowest BCUT2D eigenvalue weighted by atomic mass is 10.1. The third kappa shape index (κ3) is 1.30. The van der Waals surface area contributed by atoms with Crippen LogP contribution in [0.15, 0.2) is 24.7 Å². The van der Waals surface area contributed by atoms with Crippen LogP contribution < -0.4 is 0 Å². The van der Waals surface area contributed by atoms with Gasteiger partial charge in [-0.2, -0.15) is 5.26 Å². The van der Waals surface area contributed by atoms with Crippen LogP contribution in [0.5, 0.6) is 0 Å². The molecule has 0 amide bonds. The van der Waals surface area contributed by atoms with Crippen molar-refractivity contribution in [2.75, 3.05) is 0 Å².